The summed E-state index contributed by atoms with van der Waals surface area (Å²) in [6.07, 6.45) is 0. The maximum absolute atomic E-state index is 4.84. The van der Waals surface area contributed by atoms with Gasteiger partial charge in [0.15, 0.2) is 0 Å². The Balaban J connectivity index is 2.12. The summed E-state index contributed by atoms with van der Waals surface area (Å²) >= 11 is 2.06. The molecule has 1 aliphatic heterocycles. The van der Waals surface area contributed by atoms with E-state index in [1.807, 2.05) is 0 Å². The van der Waals surface area contributed by atoms with Crippen LogP contribution in [0.4, 0.5) is 5.82 Å². The first-order valence-corrected chi connectivity index (χ1v) is 8.62. The summed E-state index contributed by atoms with van der Waals surface area (Å²) in [7, 11) is 0. The van der Waals surface area contributed by atoms with Crippen LogP contribution in [0, 0.1) is 6.92 Å². The molecular weight excluding hydrogens is 266 g/mol. The molecule has 2 heterocycles. The third-order valence-electron chi connectivity index (χ3n) is 4.06. The second kappa shape index (κ2) is 6.81. The van der Waals surface area contributed by atoms with E-state index in [-0.39, 0.29) is 0 Å². The monoisotopic (exact) mass is 293 g/mol. The number of aryl methyl sites for hydroxylation is 1. The van der Waals surface area contributed by atoms with Crippen LogP contribution >= 0.6 is 11.8 Å². The van der Waals surface area contributed by atoms with Gasteiger partial charge in [-0.15, -0.1) is 0 Å². The Morgan fingerprint density at radius 2 is 2.15 bits per heavy atom. The van der Waals surface area contributed by atoms with E-state index in [1.165, 1.54) is 11.3 Å². The van der Waals surface area contributed by atoms with Crippen molar-refractivity contribution in [1.82, 2.24) is 10.3 Å². The summed E-state index contributed by atoms with van der Waals surface area (Å²) in [6, 6.07) is 5.48. The average Bonchev–Trinajstić information content (AvgIpc) is 2.40. The van der Waals surface area contributed by atoms with Gasteiger partial charge in [-0.05, 0) is 25.5 Å². The predicted molar refractivity (Wildman–Crippen MR) is 89.7 cm³/mol. The highest BCUT2D eigenvalue weighted by Crippen LogP contribution is 2.28. The molecule has 1 N–H and O–H groups in total. The SMILES string of the molecule is Cc1nc(N2CCSC(C)C2C)ccc1CNC(C)C. The lowest BCUT2D eigenvalue weighted by atomic mass is 10.1. The van der Waals surface area contributed by atoms with Gasteiger partial charge in [-0.3, -0.25) is 0 Å². The first-order chi connectivity index (χ1) is 9.49. The standard InChI is InChI=1S/C16H27N3S/c1-11(2)17-10-15-6-7-16(18-12(15)3)19-8-9-20-14(5)13(19)4/h6-7,11,13-14,17H,8-10H2,1-5H3. The number of thioether (sulfide) groups is 1. The number of nitrogens with one attached hydrogen (secondary N) is 1. The number of anilines is 1. The molecule has 2 rings (SSSR count). The van der Waals surface area contributed by atoms with Gasteiger partial charge in [-0.2, -0.15) is 11.8 Å². The number of aromatic nitrogens is 1. The largest absolute Gasteiger partial charge is 0.352 e. The number of nitrogens with zero attached hydrogens (tertiary/aromatic N) is 2. The van der Waals surface area contributed by atoms with Gasteiger partial charge in [0.25, 0.3) is 0 Å². The molecule has 112 valence electrons. The number of hydrogen-bond acceptors (Lipinski definition) is 4. The molecule has 1 aliphatic rings. The molecule has 0 bridgehead atoms. The van der Waals surface area contributed by atoms with Crippen molar-refractivity contribution < 1.29 is 0 Å². The molecule has 0 saturated carbocycles. The topological polar surface area (TPSA) is 28.2 Å². The fraction of sp³-hybridized carbons (Fsp3) is 0.688. The maximum Gasteiger partial charge on any atom is 0.129 e. The van der Waals surface area contributed by atoms with E-state index in [9.17, 15) is 0 Å². The predicted octanol–water partition coefficient (Wildman–Crippen LogP) is 3.22. The number of pyridine rings is 1. The summed E-state index contributed by atoms with van der Waals surface area (Å²) in [6.45, 7) is 13.1. The van der Waals surface area contributed by atoms with Crippen molar-refractivity contribution in [2.24, 2.45) is 0 Å². The lowest BCUT2D eigenvalue weighted by Crippen LogP contribution is -2.45. The highest BCUT2D eigenvalue weighted by Gasteiger charge is 2.26. The summed E-state index contributed by atoms with van der Waals surface area (Å²) < 4.78 is 0. The molecule has 0 amide bonds. The molecule has 0 aliphatic carbocycles. The highest BCUT2D eigenvalue weighted by molar-refractivity contribution is 8.00. The lowest BCUT2D eigenvalue weighted by molar-refractivity contribution is 0.585. The second-order valence-electron chi connectivity index (χ2n) is 5.96. The molecule has 2 unspecified atom stereocenters. The van der Waals surface area contributed by atoms with Crippen molar-refractivity contribution in [3.8, 4) is 0 Å². The molecule has 1 saturated heterocycles. The van der Waals surface area contributed by atoms with Crippen molar-refractivity contribution >= 4 is 17.6 Å². The maximum atomic E-state index is 4.84. The fourth-order valence-electron chi connectivity index (χ4n) is 2.49. The van der Waals surface area contributed by atoms with E-state index in [4.69, 9.17) is 4.98 Å². The van der Waals surface area contributed by atoms with Gasteiger partial charge in [0, 0.05) is 41.9 Å². The molecule has 1 fully saturated rings. The van der Waals surface area contributed by atoms with Crippen molar-refractivity contribution in [3.05, 3.63) is 23.4 Å². The summed E-state index contributed by atoms with van der Waals surface area (Å²) in [5, 5.41) is 4.13. The molecule has 4 heteroatoms. The molecule has 0 spiro atoms. The van der Waals surface area contributed by atoms with Gasteiger partial charge < -0.3 is 10.2 Å². The summed E-state index contributed by atoms with van der Waals surface area (Å²) in [4.78, 5) is 7.29. The molecule has 1 aromatic rings. The Labute approximate surface area is 127 Å². The smallest absolute Gasteiger partial charge is 0.129 e. The van der Waals surface area contributed by atoms with Crippen molar-refractivity contribution in [3.63, 3.8) is 0 Å². The van der Waals surface area contributed by atoms with Gasteiger partial charge in [-0.1, -0.05) is 26.8 Å². The quantitative estimate of drug-likeness (QED) is 0.922. The van der Waals surface area contributed by atoms with E-state index in [2.05, 4.69) is 68.7 Å². The van der Waals surface area contributed by atoms with Gasteiger partial charge in [0.1, 0.15) is 5.82 Å². The Morgan fingerprint density at radius 3 is 2.80 bits per heavy atom. The Kier molecular flexibility index (Phi) is 5.33. The minimum absolute atomic E-state index is 0.508. The Morgan fingerprint density at radius 1 is 1.40 bits per heavy atom. The molecule has 1 aromatic heterocycles. The zero-order chi connectivity index (χ0) is 14.7. The van der Waals surface area contributed by atoms with Crippen molar-refractivity contribution in [2.75, 3.05) is 17.2 Å². The third kappa shape index (κ3) is 3.67. The van der Waals surface area contributed by atoms with Gasteiger partial charge in [0.05, 0.1) is 0 Å². The van der Waals surface area contributed by atoms with E-state index < -0.39 is 0 Å². The van der Waals surface area contributed by atoms with E-state index >= 15 is 0 Å². The Bertz CT molecular complexity index is 447. The fourth-order valence-corrected chi connectivity index (χ4v) is 3.59. The molecule has 2 atom stereocenters. The van der Waals surface area contributed by atoms with Crippen molar-refractivity contribution in [2.45, 2.75) is 58.5 Å². The van der Waals surface area contributed by atoms with Crippen LogP contribution in [0.1, 0.15) is 39.0 Å². The Hall–Kier alpha value is -0.740. The van der Waals surface area contributed by atoms with E-state index in [0.717, 1.165) is 24.6 Å². The first-order valence-electron chi connectivity index (χ1n) is 7.57. The minimum Gasteiger partial charge on any atom is -0.352 e. The van der Waals surface area contributed by atoms with Gasteiger partial charge in [0.2, 0.25) is 0 Å². The van der Waals surface area contributed by atoms with Crippen LogP contribution in [0.5, 0.6) is 0 Å². The minimum atomic E-state index is 0.508. The third-order valence-corrected chi connectivity index (χ3v) is 5.40. The van der Waals surface area contributed by atoms with Crippen LogP contribution in [-0.4, -0.2) is 34.6 Å². The van der Waals surface area contributed by atoms with Gasteiger partial charge >= 0.3 is 0 Å². The lowest BCUT2D eigenvalue weighted by Gasteiger charge is -2.38. The molecular formula is C16H27N3S. The van der Waals surface area contributed by atoms with Crippen LogP contribution < -0.4 is 10.2 Å². The molecule has 20 heavy (non-hydrogen) atoms. The zero-order valence-electron chi connectivity index (χ0n) is 13.3. The second-order valence-corrected chi connectivity index (χ2v) is 7.44. The van der Waals surface area contributed by atoms with Crippen LogP contribution in [0.25, 0.3) is 0 Å². The van der Waals surface area contributed by atoms with E-state index in [0.29, 0.717) is 17.3 Å². The molecule has 3 nitrogen and oxygen atoms in total. The number of hydrogen-bond donors (Lipinski definition) is 1. The molecule has 0 radical (unpaired) electrons. The van der Waals surface area contributed by atoms with Gasteiger partial charge in [-0.25, -0.2) is 4.98 Å². The zero-order valence-corrected chi connectivity index (χ0v) is 14.1. The summed E-state index contributed by atoms with van der Waals surface area (Å²) in [5.41, 5.74) is 2.45. The summed E-state index contributed by atoms with van der Waals surface area (Å²) in [5.74, 6) is 2.33. The van der Waals surface area contributed by atoms with E-state index in [1.54, 1.807) is 0 Å². The number of rotatable bonds is 4. The van der Waals surface area contributed by atoms with Crippen LogP contribution in [-0.2, 0) is 6.54 Å². The van der Waals surface area contributed by atoms with Crippen LogP contribution in [0.15, 0.2) is 12.1 Å². The van der Waals surface area contributed by atoms with Crippen LogP contribution in [0.2, 0.25) is 0 Å². The highest BCUT2D eigenvalue weighted by atomic mass is 32.2. The first kappa shape index (κ1) is 15.6. The van der Waals surface area contributed by atoms with Crippen molar-refractivity contribution in [1.29, 1.82) is 0 Å². The van der Waals surface area contributed by atoms with Crippen LogP contribution in [0.3, 0.4) is 0 Å². The molecule has 0 aromatic carbocycles. The average molecular weight is 293 g/mol. The normalized spacial score (nSPS) is 23.4.